The maximum absolute atomic E-state index is 11.8. The average Bonchev–Trinajstić information content (AvgIpc) is 2.41. The molecule has 0 heterocycles. The molecule has 2 rings (SSSR count). The van der Waals surface area contributed by atoms with Crippen LogP contribution in [-0.4, -0.2) is 23.2 Å². The van der Waals surface area contributed by atoms with Gasteiger partial charge in [0.2, 0.25) is 5.91 Å². The van der Waals surface area contributed by atoms with Crippen LogP contribution in [0, 0.1) is 0 Å². The van der Waals surface area contributed by atoms with E-state index in [4.69, 9.17) is 0 Å². The third kappa shape index (κ3) is 4.48. The van der Waals surface area contributed by atoms with Gasteiger partial charge < -0.3 is 10.4 Å². The Labute approximate surface area is 121 Å². The number of halogens is 1. The summed E-state index contributed by atoms with van der Waals surface area (Å²) in [5.41, 5.74) is 0.975. The van der Waals surface area contributed by atoms with E-state index in [-0.39, 0.29) is 11.9 Å². The third-order valence-corrected chi connectivity index (χ3v) is 3.88. The second-order valence-electron chi connectivity index (χ2n) is 4.85. The molecule has 1 aromatic carbocycles. The van der Waals surface area contributed by atoms with Crippen LogP contribution in [0.3, 0.4) is 0 Å². The Morgan fingerprint density at radius 1 is 1.26 bits per heavy atom. The summed E-state index contributed by atoms with van der Waals surface area (Å²) in [6.07, 6.45) is 6.64. The van der Waals surface area contributed by atoms with Gasteiger partial charge in [-0.05, 0) is 36.6 Å². The lowest BCUT2D eigenvalue weighted by Crippen LogP contribution is -2.44. The number of nitrogens with one attached hydrogen (secondary N) is 1. The summed E-state index contributed by atoms with van der Waals surface area (Å²) >= 11 is 3.37. The smallest absolute Gasteiger partial charge is 0.244 e. The molecule has 0 radical (unpaired) electrons. The summed E-state index contributed by atoms with van der Waals surface area (Å²) < 4.78 is 1.01. The number of benzene rings is 1. The van der Waals surface area contributed by atoms with E-state index in [1.165, 1.54) is 6.08 Å². The molecule has 1 aliphatic rings. The molecule has 0 aromatic heterocycles. The standard InChI is InChI=1S/C15H18BrNO2/c16-12-8-5-11(6-9-12)7-10-15(19)17-13-3-1-2-4-14(13)18/h5-10,13-14,18H,1-4H2,(H,17,19)/b10-7+/t13-,14-/m1/s1. The Morgan fingerprint density at radius 3 is 2.63 bits per heavy atom. The van der Waals surface area contributed by atoms with Gasteiger partial charge in [0.25, 0.3) is 0 Å². The SMILES string of the molecule is O=C(/C=C/c1ccc(Br)cc1)N[C@@H]1CCCC[C@H]1O. The highest BCUT2D eigenvalue weighted by Crippen LogP contribution is 2.18. The number of aliphatic hydroxyl groups excluding tert-OH is 1. The van der Waals surface area contributed by atoms with Crippen molar-refractivity contribution in [1.82, 2.24) is 5.32 Å². The van der Waals surface area contributed by atoms with Gasteiger partial charge in [-0.1, -0.05) is 40.9 Å². The van der Waals surface area contributed by atoms with Gasteiger partial charge in [0.05, 0.1) is 12.1 Å². The normalized spacial score (nSPS) is 23.5. The quantitative estimate of drug-likeness (QED) is 0.840. The lowest BCUT2D eigenvalue weighted by molar-refractivity contribution is -0.118. The first-order chi connectivity index (χ1) is 9.15. The summed E-state index contributed by atoms with van der Waals surface area (Å²) in [5, 5.41) is 12.7. The topological polar surface area (TPSA) is 49.3 Å². The van der Waals surface area contributed by atoms with Crippen LogP contribution in [0.5, 0.6) is 0 Å². The van der Waals surface area contributed by atoms with Gasteiger partial charge in [0.15, 0.2) is 0 Å². The van der Waals surface area contributed by atoms with Crippen LogP contribution >= 0.6 is 15.9 Å². The predicted molar refractivity (Wildman–Crippen MR) is 79.6 cm³/mol. The number of aliphatic hydroxyl groups is 1. The van der Waals surface area contributed by atoms with Crippen LogP contribution in [0.4, 0.5) is 0 Å². The van der Waals surface area contributed by atoms with Gasteiger partial charge in [0, 0.05) is 10.5 Å². The minimum atomic E-state index is -0.404. The Balaban J connectivity index is 1.88. The number of carbonyl (C=O) groups is 1. The van der Waals surface area contributed by atoms with Crippen molar-refractivity contribution in [3.05, 3.63) is 40.4 Å². The predicted octanol–water partition coefficient (Wildman–Crippen LogP) is 2.88. The molecule has 0 aliphatic heterocycles. The first kappa shape index (κ1) is 14.3. The molecule has 102 valence electrons. The van der Waals surface area contributed by atoms with Gasteiger partial charge in [-0.15, -0.1) is 0 Å². The molecule has 2 N–H and O–H groups in total. The molecule has 1 aliphatic carbocycles. The van der Waals surface area contributed by atoms with Crippen LogP contribution in [0.25, 0.3) is 6.08 Å². The van der Waals surface area contributed by atoms with E-state index < -0.39 is 6.10 Å². The van der Waals surface area contributed by atoms with Crippen LogP contribution in [0.1, 0.15) is 31.2 Å². The van der Waals surface area contributed by atoms with Gasteiger partial charge in [-0.25, -0.2) is 0 Å². The maximum atomic E-state index is 11.8. The van der Waals surface area contributed by atoms with Gasteiger partial charge in [-0.3, -0.25) is 4.79 Å². The summed E-state index contributed by atoms with van der Waals surface area (Å²) in [4.78, 5) is 11.8. The van der Waals surface area contributed by atoms with E-state index >= 15 is 0 Å². The molecule has 1 saturated carbocycles. The number of hydrogen-bond donors (Lipinski definition) is 2. The molecule has 3 nitrogen and oxygen atoms in total. The van der Waals surface area contributed by atoms with E-state index in [0.29, 0.717) is 0 Å². The minimum Gasteiger partial charge on any atom is -0.391 e. The van der Waals surface area contributed by atoms with E-state index in [0.717, 1.165) is 35.7 Å². The van der Waals surface area contributed by atoms with E-state index in [1.54, 1.807) is 6.08 Å². The zero-order chi connectivity index (χ0) is 13.7. The third-order valence-electron chi connectivity index (χ3n) is 3.35. The Kier molecular flexibility index (Phi) is 5.16. The lowest BCUT2D eigenvalue weighted by atomic mass is 9.92. The summed E-state index contributed by atoms with van der Waals surface area (Å²) in [6, 6.07) is 7.63. The molecular formula is C15H18BrNO2. The highest BCUT2D eigenvalue weighted by molar-refractivity contribution is 9.10. The van der Waals surface area contributed by atoms with E-state index in [9.17, 15) is 9.90 Å². The highest BCUT2D eigenvalue weighted by atomic mass is 79.9. The number of hydrogen-bond acceptors (Lipinski definition) is 2. The first-order valence-electron chi connectivity index (χ1n) is 6.57. The highest BCUT2D eigenvalue weighted by Gasteiger charge is 2.23. The van der Waals surface area contributed by atoms with Gasteiger partial charge in [-0.2, -0.15) is 0 Å². The van der Waals surface area contributed by atoms with Crippen LogP contribution in [0.15, 0.2) is 34.8 Å². The monoisotopic (exact) mass is 323 g/mol. The number of amides is 1. The molecule has 1 fully saturated rings. The van der Waals surface area contributed by atoms with Gasteiger partial charge in [0.1, 0.15) is 0 Å². The van der Waals surface area contributed by atoms with Crippen molar-refractivity contribution in [2.45, 2.75) is 37.8 Å². The second-order valence-corrected chi connectivity index (χ2v) is 5.77. The zero-order valence-electron chi connectivity index (χ0n) is 10.7. The van der Waals surface area contributed by atoms with E-state index in [2.05, 4.69) is 21.2 Å². The maximum Gasteiger partial charge on any atom is 0.244 e. The first-order valence-corrected chi connectivity index (χ1v) is 7.36. The largest absolute Gasteiger partial charge is 0.391 e. The fraction of sp³-hybridized carbons (Fsp3) is 0.400. The van der Waals surface area contributed by atoms with Gasteiger partial charge >= 0.3 is 0 Å². The van der Waals surface area contributed by atoms with Crippen molar-refractivity contribution >= 4 is 27.9 Å². The average molecular weight is 324 g/mol. The Morgan fingerprint density at radius 2 is 1.95 bits per heavy atom. The fourth-order valence-corrected chi connectivity index (χ4v) is 2.52. The minimum absolute atomic E-state index is 0.101. The van der Waals surface area contributed by atoms with Crippen molar-refractivity contribution in [1.29, 1.82) is 0 Å². The molecule has 2 atom stereocenters. The lowest BCUT2D eigenvalue weighted by Gasteiger charge is -2.27. The molecule has 0 bridgehead atoms. The zero-order valence-corrected chi connectivity index (χ0v) is 12.3. The number of rotatable bonds is 3. The van der Waals surface area contributed by atoms with Crippen molar-refractivity contribution in [2.75, 3.05) is 0 Å². The summed E-state index contributed by atoms with van der Waals surface area (Å²) in [5.74, 6) is -0.145. The summed E-state index contributed by atoms with van der Waals surface area (Å²) in [6.45, 7) is 0. The fourth-order valence-electron chi connectivity index (χ4n) is 2.26. The molecule has 1 amide bonds. The van der Waals surface area contributed by atoms with Crippen molar-refractivity contribution < 1.29 is 9.90 Å². The summed E-state index contributed by atoms with van der Waals surface area (Å²) in [7, 11) is 0. The second kappa shape index (κ2) is 6.87. The molecule has 4 heteroatoms. The molecule has 0 saturated heterocycles. The molecular weight excluding hydrogens is 306 g/mol. The molecule has 1 aromatic rings. The Hall–Kier alpha value is -1.13. The molecule has 0 spiro atoms. The number of carbonyl (C=O) groups excluding carboxylic acids is 1. The van der Waals surface area contributed by atoms with Crippen molar-refractivity contribution in [3.63, 3.8) is 0 Å². The van der Waals surface area contributed by atoms with Crippen molar-refractivity contribution in [2.24, 2.45) is 0 Å². The molecule has 19 heavy (non-hydrogen) atoms. The van der Waals surface area contributed by atoms with E-state index in [1.807, 2.05) is 24.3 Å². The van der Waals surface area contributed by atoms with Crippen LogP contribution < -0.4 is 5.32 Å². The van der Waals surface area contributed by atoms with Crippen molar-refractivity contribution in [3.8, 4) is 0 Å². The van der Waals surface area contributed by atoms with Crippen LogP contribution in [0.2, 0.25) is 0 Å². The molecule has 0 unspecified atom stereocenters. The van der Waals surface area contributed by atoms with Crippen LogP contribution in [-0.2, 0) is 4.79 Å². The Bertz CT molecular complexity index is 456.